The minimum atomic E-state index is -1.16. The zero-order chi connectivity index (χ0) is 22.8. The normalized spacial score (nSPS) is 15.6. The van der Waals surface area contributed by atoms with Gasteiger partial charge in [0.15, 0.2) is 5.69 Å². The van der Waals surface area contributed by atoms with Gasteiger partial charge in [-0.1, -0.05) is 18.2 Å². The Balaban J connectivity index is 1.52. The highest BCUT2D eigenvalue weighted by Gasteiger charge is 2.29. The van der Waals surface area contributed by atoms with Crippen molar-refractivity contribution in [3.63, 3.8) is 0 Å². The van der Waals surface area contributed by atoms with Gasteiger partial charge in [-0.3, -0.25) is 4.79 Å². The van der Waals surface area contributed by atoms with Gasteiger partial charge in [-0.15, -0.1) is 0 Å². The molecule has 0 radical (unpaired) electrons. The van der Waals surface area contributed by atoms with Crippen LogP contribution in [0, 0.1) is 12.7 Å². The van der Waals surface area contributed by atoms with Gasteiger partial charge >= 0.3 is 5.97 Å². The molecule has 1 fully saturated rings. The van der Waals surface area contributed by atoms with Crippen LogP contribution in [0.1, 0.15) is 50.0 Å². The molecule has 8 nitrogen and oxygen atoms in total. The molecule has 0 spiro atoms. The van der Waals surface area contributed by atoms with E-state index in [1.807, 2.05) is 0 Å². The number of hydrogen-bond donors (Lipinski definition) is 3. The highest BCUT2D eigenvalue weighted by molar-refractivity contribution is 5.95. The molecule has 0 aliphatic carbocycles. The first kappa shape index (κ1) is 21.5. The first-order valence-corrected chi connectivity index (χ1v) is 10.2. The number of aromatic carboxylic acids is 1. The predicted molar refractivity (Wildman–Crippen MR) is 115 cm³/mol. The van der Waals surface area contributed by atoms with Gasteiger partial charge in [0, 0.05) is 24.6 Å². The van der Waals surface area contributed by atoms with Crippen molar-refractivity contribution in [3.05, 3.63) is 76.4 Å². The van der Waals surface area contributed by atoms with Crippen molar-refractivity contribution in [2.24, 2.45) is 0 Å². The van der Waals surface area contributed by atoms with Crippen LogP contribution in [-0.2, 0) is 11.3 Å². The van der Waals surface area contributed by atoms with Gasteiger partial charge in [0.2, 0.25) is 0 Å². The summed E-state index contributed by atoms with van der Waals surface area (Å²) in [5, 5.41) is 16.9. The Bertz CT molecular complexity index is 1170. The number of benzene rings is 2. The molecule has 1 aliphatic heterocycles. The van der Waals surface area contributed by atoms with Crippen LogP contribution in [0.2, 0.25) is 0 Å². The fraction of sp³-hybridized carbons (Fsp3) is 0.261. The number of nitrogens with two attached hydrogens (primary N) is 1. The van der Waals surface area contributed by atoms with Crippen LogP contribution in [0.15, 0.2) is 42.5 Å². The number of amides is 1. The second kappa shape index (κ2) is 8.80. The Labute approximate surface area is 183 Å². The number of nitrogens with zero attached hydrogens (tertiary/aromatic N) is 2. The third-order valence-corrected chi connectivity index (χ3v) is 5.55. The number of carboxylic acids is 1. The summed E-state index contributed by atoms with van der Waals surface area (Å²) < 4.78 is 20.2. The van der Waals surface area contributed by atoms with E-state index >= 15 is 0 Å². The Morgan fingerprint density at radius 1 is 1.28 bits per heavy atom. The van der Waals surface area contributed by atoms with E-state index in [4.69, 9.17) is 10.5 Å². The molecule has 1 unspecified atom stereocenters. The number of nitrogen functional groups attached to an aromatic ring is 1. The fourth-order valence-corrected chi connectivity index (χ4v) is 3.76. The maximum absolute atomic E-state index is 13.4. The summed E-state index contributed by atoms with van der Waals surface area (Å²) in [7, 11) is 0. The first-order valence-electron chi connectivity index (χ1n) is 10.2. The number of halogens is 1. The minimum Gasteiger partial charge on any atom is -0.476 e. The van der Waals surface area contributed by atoms with Gasteiger partial charge in [-0.2, -0.15) is 5.10 Å². The smallest absolute Gasteiger partial charge is 0.356 e. The lowest BCUT2D eigenvalue weighted by molar-refractivity contribution is 0.0688. The quantitative estimate of drug-likeness (QED) is 0.544. The predicted octanol–water partition coefficient (Wildman–Crippen LogP) is 3.03. The number of nitrogens with one attached hydrogen (secondary N) is 1. The Kier molecular flexibility index (Phi) is 5.91. The molecule has 0 saturated carbocycles. The maximum Gasteiger partial charge on any atom is 0.356 e. The summed E-state index contributed by atoms with van der Waals surface area (Å²) in [6, 6.07) is 11.0. The van der Waals surface area contributed by atoms with Gasteiger partial charge in [0.25, 0.3) is 5.91 Å². The number of carboxylic acid groups (broad SMARTS) is 1. The highest BCUT2D eigenvalue weighted by atomic mass is 19.1. The molecule has 4 N–H and O–H groups in total. The van der Waals surface area contributed by atoms with Crippen molar-refractivity contribution in [3.8, 4) is 5.69 Å². The number of anilines is 1. The van der Waals surface area contributed by atoms with Gasteiger partial charge in [0.05, 0.1) is 23.7 Å². The molecule has 9 heteroatoms. The van der Waals surface area contributed by atoms with Crippen LogP contribution in [0.5, 0.6) is 0 Å². The largest absolute Gasteiger partial charge is 0.476 e. The van der Waals surface area contributed by atoms with E-state index in [2.05, 4.69) is 10.4 Å². The van der Waals surface area contributed by atoms with Gasteiger partial charge in [0.1, 0.15) is 5.82 Å². The van der Waals surface area contributed by atoms with E-state index in [0.29, 0.717) is 30.2 Å². The molecule has 166 valence electrons. The average Bonchev–Trinajstić information content (AvgIpc) is 3.42. The summed E-state index contributed by atoms with van der Waals surface area (Å²) in [6.45, 7) is 3.02. The van der Waals surface area contributed by atoms with Crippen LogP contribution >= 0.6 is 0 Å². The molecule has 1 aromatic heterocycles. The summed E-state index contributed by atoms with van der Waals surface area (Å²) in [5.41, 5.74) is 8.99. The number of carbonyl (C=O) groups excluding carboxylic acids is 1. The molecule has 4 rings (SSSR count). The monoisotopic (exact) mass is 438 g/mol. The van der Waals surface area contributed by atoms with E-state index in [0.717, 1.165) is 12.0 Å². The number of carbonyl (C=O) groups is 2. The molecular formula is C23H23FN4O4. The lowest BCUT2D eigenvalue weighted by atomic mass is 10.0. The van der Waals surface area contributed by atoms with Crippen molar-refractivity contribution < 1.29 is 23.8 Å². The molecule has 1 amide bonds. The molecule has 2 heterocycles. The van der Waals surface area contributed by atoms with Crippen LogP contribution in [-0.4, -0.2) is 40.0 Å². The van der Waals surface area contributed by atoms with E-state index in [1.165, 1.54) is 16.8 Å². The molecule has 3 aromatic rings. The molecule has 0 bridgehead atoms. The van der Waals surface area contributed by atoms with Crippen LogP contribution in [0.4, 0.5) is 10.1 Å². The molecule has 32 heavy (non-hydrogen) atoms. The molecule has 1 aliphatic rings. The Morgan fingerprint density at radius 2 is 2.03 bits per heavy atom. The second-order valence-electron chi connectivity index (χ2n) is 7.73. The number of ether oxygens (including phenoxy) is 1. The number of aryl methyl sites for hydroxylation is 1. The lowest BCUT2D eigenvalue weighted by Gasteiger charge is -2.09. The number of aromatic nitrogens is 2. The average molecular weight is 438 g/mol. The zero-order valence-corrected chi connectivity index (χ0v) is 17.5. The van der Waals surface area contributed by atoms with Crippen LogP contribution in [0.3, 0.4) is 0 Å². The van der Waals surface area contributed by atoms with E-state index in [1.54, 1.807) is 37.3 Å². The summed E-state index contributed by atoms with van der Waals surface area (Å²) in [6.07, 6.45) is 0.740. The minimum absolute atomic E-state index is 0.0323. The Hall–Kier alpha value is -3.72. The van der Waals surface area contributed by atoms with Crippen molar-refractivity contribution in [2.45, 2.75) is 25.8 Å². The molecule has 2 aromatic carbocycles. The van der Waals surface area contributed by atoms with Crippen LogP contribution in [0.25, 0.3) is 5.69 Å². The molecular weight excluding hydrogens is 415 g/mol. The molecule has 1 atom stereocenters. The van der Waals surface area contributed by atoms with Crippen molar-refractivity contribution >= 4 is 17.6 Å². The third kappa shape index (κ3) is 4.19. The topological polar surface area (TPSA) is 119 Å². The van der Waals surface area contributed by atoms with E-state index < -0.39 is 11.8 Å². The number of hydrogen-bond acceptors (Lipinski definition) is 5. The standard InChI is InChI=1S/C23H23FN4O4/c1-13-2-5-16(24)10-18(13)22(29)26-11-14-3-6-17(7-4-14)28-21(23(30)31)19(25)20(27-28)15-8-9-32-12-15/h2-7,10,15H,8-9,11-12,25H2,1H3,(H,26,29)(H,30,31). The van der Waals surface area contributed by atoms with Crippen molar-refractivity contribution in [2.75, 3.05) is 18.9 Å². The third-order valence-electron chi connectivity index (χ3n) is 5.55. The summed E-state index contributed by atoms with van der Waals surface area (Å²) in [4.78, 5) is 24.2. The summed E-state index contributed by atoms with van der Waals surface area (Å²) >= 11 is 0. The highest BCUT2D eigenvalue weighted by Crippen LogP contribution is 2.32. The zero-order valence-electron chi connectivity index (χ0n) is 17.5. The van der Waals surface area contributed by atoms with Gasteiger partial charge in [-0.05, 0) is 48.7 Å². The van der Waals surface area contributed by atoms with E-state index in [9.17, 15) is 19.1 Å². The van der Waals surface area contributed by atoms with E-state index in [-0.39, 0.29) is 35.3 Å². The SMILES string of the molecule is Cc1ccc(F)cc1C(=O)NCc1ccc(-n2nc(C3CCOC3)c(N)c2C(=O)O)cc1. The van der Waals surface area contributed by atoms with Crippen molar-refractivity contribution in [1.29, 1.82) is 0 Å². The van der Waals surface area contributed by atoms with Gasteiger partial charge < -0.3 is 20.9 Å². The lowest BCUT2D eigenvalue weighted by Crippen LogP contribution is -2.23. The Morgan fingerprint density at radius 3 is 2.69 bits per heavy atom. The molecule has 1 saturated heterocycles. The first-order chi connectivity index (χ1) is 15.3. The second-order valence-corrected chi connectivity index (χ2v) is 7.73. The summed E-state index contributed by atoms with van der Waals surface area (Å²) in [5.74, 6) is -2.04. The maximum atomic E-state index is 13.4. The fourth-order valence-electron chi connectivity index (χ4n) is 3.76. The van der Waals surface area contributed by atoms with Crippen LogP contribution < -0.4 is 11.1 Å². The van der Waals surface area contributed by atoms with Crippen molar-refractivity contribution in [1.82, 2.24) is 15.1 Å². The van der Waals surface area contributed by atoms with Gasteiger partial charge in [-0.25, -0.2) is 13.9 Å². The number of rotatable bonds is 6.